The van der Waals surface area contributed by atoms with Crippen molar-refractivity contribution in [2.24, 2.45) is 0 Å². The number of hydrogen-bond acceptors (Lipinski definition) is 4. The molecular weight excluding hydrogens is 365 g/mol. The molecule has 2 aliphatic heterocycles. The Labute approximate surface area is 157 Å². The Balaban J connectivity index is 0.00000225. The van der Waals surface area contributed by atoms with Crippen molar-refractivity contribution in [3.63, 3.8) is 0 Å². The minimum absolute atomic E-state index is 0. The number of piperazine rings is 1. The molecule has 1 atom stereocenters. The van der Waals surface area contributed by atoms with Crippen LogP contribution in [0.4, 0.5) is 4.39 Å². The van der Waals surface area contributed by atoms with Gasteiger partial charge in [-0.15, -0.1) is 12.4 Å². The van der Waals surface area contributed by atoms with Gasteiger partial charge in [-0.1, -0.05) is 6.07 Å². The van der Waals surface area contributed by atoms with E-state index < -0.39 is 5.82 Å². The molecule has 3 rings (SSSR count). The second-order valence-electron chi connectivity index (χ2n) is 6.11. The number of carbonyl (C=O) groups is 2. The van der Waals surface area contributed by atoms with Gasteiger partial charge in [-0.25, -0.2) is 4.39 Å². The number of hydrogen-bond donors (Lipinski definition) is 1. The minimum Gasteiger partial charge on any atom is -0.339 e. The van der Waals surface area contributed by atoms with Crippen LogP contribution in [0.5, 0.6) is 0 Å². The van der Waals surface area contributed by atoms with E-state index in [1.807, 2.05) is 16.7 Å². The van der Waals surface area contributed by atoms with Crippen molar-refractivity contribution < 1.29 is 14.0 Å². The highest BCUT2D eigenvalue weighted by Gasteiger charge is 2.26. The van der Waals surface area contributed by atoms with E-state index in [2.05, 4.69) is 5.32 Å². The summed E-state index contributed by atoms with van der Waals surface area (Å²) in [5.74, 6) is 1.64. The summed E-state index contributed by atoms with van der Waals surface area (Å²) in [5, 5.41) is 3.37. The molecule has 2 fully saturated rings. The third kappa shape index (κ3) is 5.33. The second kappa shape index (κ2) is 9.40. The maximum atomic E-state index is 13.3. The number of halogens is 2. The van der Waals surface area contributed by atoms with Gasteiger partial charge in [0.05, 0.1) is 0 Å². The monoisotopic (exact) mass is 387 g/mol. The Bertz CT molecular complexity index is 605. The maximum absolute atomic E-state index is 13.3. The number of thioether (sulfide) groups is 1. The Hall–Kier alpha value is -1.31. The van der Waals surface area contributed by atoms with Crippen molar-refractivity contribution in [1.29, 1.82) is 0 Å². The number of carbonyl (C=O) groups excluding carboxylic acids is 2. The van der Waals surface area contributed by atoms with Gasteiger partial charge >= 0.3 is 0 Å². The van der Waals surface area contributed by atoms with Crippen molar-refractivity contribution in [2.75, 3.05) is 44.2 Å². The van der Waals surface area contributed by atoms with Gasteiger partial charge in [0.1, 0.15) is 5.82 Å². The predicted molar refractivity (Wildman–Crippen MR) is 99.9 cm³/mol. The van der Waals surface area contributed by atoms with Gasteiger partial charge in [-0.3, -0.25) is 9.59 Å². The van der Waals surface area contributed by atoms with Crippen LogP contribution in [-0.4, -0.2) is 71.9 Å². The Kier molecular flexibility index (Phi) is 7.53. The highest BCUT2D eigenvalue weighted by molar-refractivity contribution is 7.99. The predicted octanol–water partition coefficient (Wildman–Crippen LogP) is 1.63. The van der Waals surface area contributed by atoms with Gasteiger partial charge in [0.25, 0.3) is 5.91 Å². The van der Waals surface area contributed by atoms with E-state index in [0.717, 1.165) is 18.1 Å². The number of nitrogens with zero attached hydrogens (tertiary/aromatic N) is 2. The van der Waals surface area contributed by atoms with E-state index in [1.54, 1.807) is 11.0 Å². The number of rotatable bonds is 3. The molecule has 5 nitrogen and oxygen atoms in total. The van der Waals surface area contributed by atoms with E-state index >= 15 is 0 Å². The summed E-state index contributed by atoms with van der Waals surface area (Å²) in [5.41, 5.74) is 0.359. The van der Waals surface area contributed by atoms with Crippen molar-refractivity contribution in [3.05, 3.63) is 35.6 Å². The fourth-order valence-corrected chi connectivity index (χ4v) is 4.00. The molecule has 2 aliphatic rings. The third-order valence-electron chi connectivity index (χ3n) is 4.41. The second-order valence-corrected chi connectivity index (χ2v) is 7.26. The molecule has 0 bridgehead atoms. The van der Waals surface area contributed by atoms with Crippen LogP contribution >= 0.6 is 24.2 Å². The highest BCUT2D eigenvalue weighted by Crippen LogP contribution is 2.14. The highest BCUT2D eigenvalue weighted by atomic mass is 35.5. The average molecular weight is 388 g/mol. The van der Waals surface area contributed by atoms with Crippen LogP contribution in [0.3, 0.4) is 0 Å². The summed E-state index contributed by atoms with van der Waals surface area (Å²) in [7, 11) is 0. The molecule has 1 aromatic carbocycles. The quantitative estimate of drug-likeness (QED) is 0.856. The largest absolute Gasteiger partial charge is 0.339 e. The first-order chi connectivity index (χ1) is 11.6. The lowest BCUT2D eigenvalue weighted by atomic mass is 10.1. The molecule has 0 saturated carbocycles. The Morgan fingerprint density at radius 1 is 1.20 bits per heavy atom. The first-order valence-corrected chi connectivity index (χ1v) is 9.43. The van der Waals surface area contributed by atoms with Crippen molar-refractivity contribution >= 4 is 36.0 Å². The van der Waals surface area contributed by atoms with Crippen molar-refractivity contribution in [2.45, 2.75) is 12.5 Å². The topological polar surface area (TPSA) is 52.7 Å². The summed E-state index contributed by atoms with van der Waals surface area (Å²) >= 11 is 1.88. The lowest BCUT2D eigenvalue weighted by Crippen LogP contribution is -2.52. The van der Waals surface area contributed by atoms with E-state index in [4.69, 9.17) is 0 Å². The van der Waals surface area contributed by atoms with Crippen molar-refractivity contribution in [3.8, 4) is 0 Å². The lowest BCUT2D eigenvalue weighted by molar-refractivity contribution is -0.133. The molecule has 8 heteroatoms. The molecular formula is C17H23ClFN3O2S. The standard InChI is InChI=1S/C17H22FN3O2S.ClH/c18-14-3-1-2-13(10-14)17(23)21-7-5-20(6-8-21)16(22)11-15-12-24-9-4-19-15;/h1-3,10,15,19H,4-9,11-12H2;1H. The summed E-state index contributed by atoms with van der Waals surface area (Å²) in [6, 6.07) is 5.99. The van der Waals surface area contributed by atoms with Crippen LogP contribution in [0.2, 0.25) is 0 Å². The Morgan fingerprint density at radius 3 is 2.56 bits per heavy atom. The first-order valence-electron chi connectivity index (χ1n) is 8.27. The maximum Gasteiger partial charge on any atom is 0.254 e. The zero-order valence-corrected chi connectivity index (χ0v) is 15.6. The van der Waals surface area contributed by atoms with Crippen LogP contribution in [-0.2, 0) is 4.79 Å². The fourth-order valence-electron chi connectivity index (χ4n) is 3.05. The molecule has 1 unspecified atom stereocenters. The van der Waals surface area contributed by atoms with Crippen LogP contribution in [0, 0.1) is 5.82 Å². The van der Waals surface area contributed by atoms with Crippen LogP contribution in [0.15, 0.2) is 24.3 Å². The average Bonchev–Trinajstić information content (AvgIpc) is 2.62. The molecule has 0 spiro atoms. The van der Waals surface area contributed by atoms with Crippen molar-refractivity contribution in [1.82, 2.24) is 15.1 Å². The van der Waals surface area contributed by atoms with E-state index in [-0.39, 0.29) is 30.3 Å². The molecule has 0 radical (unpaired) electrons. The first kappa shape index (κ1) is 20.0. The van der Waals surface area contributed by atoms with Gasteiger partial charge in [0.2, 0.25) is 5.91 Å². The summed E-state index contributed by atoms with van der Waals surface area (Å²) in [4.78, 5) is 28.3. The molecule has 138 valence electrons. The smallest absolute Gasteiger partial charge is 0.254 e. The van der Waals surface area contributed by atoms with Crippen LogP contribution in [0.1, 0.15) is 16.8 Å². The van der Waals surface area contributed by atoms with E-state index in [9.17, 15) is 14.0 Å². The minimum atomic E-state index is -0.410. The summed E-state index contributed by atoms with van der Waals surface area (Å²) in [6.45, 7) is 3.03. The molecule has 2 saturated heterocycles. The summed E-state index contributed by atoms with van der Waals surface area (Å²) in [6.07, 6.45) is 0.519. The SMILES string of the molecule is Cl.O=C(CC1CSCCN1)N1CCN(C(=O)c2cccc(F)c2)CC1. The number of benzene rings is 1. The molecule has 2 amide bonds. The zero-order chi connectivity index (χ0) is 16.9. The van der Waals surface area contributed by atoms with Crippen LogP contribution in [0.25, 0.3) is 0 Å². The van der Waals surface area contributed by atoms with Gasteiger partial charge in [0.15, 0.2) is 0 Å². The molecule has 2 heterocycles. The van der Waals surface area contributed by atoms with Gasteiger partial charge in [-0.05, 0) is 18.2 Å². The van der Waals surface area contributed by atoms with Crippen LogP contribution < -0.4 is 5.32 Å². The van der Waals surface area contributed by atoms with Gasteiger partial charge < -0.3 is 15.1 Å². The Morgan fingerprint density at radius 2 is 1.92 bits per heavy atom. The summed E-state index contributed by atoms with van der Waals surface area (Å²) < 4.78 is 13.3. The molecule has 0 aromatic heterocycles. The van der Waals surface area contributed by atoms with E-state index in [1.165, 1.54) is 18.2 Å². The number of amides is 2. The lowest BCUT2D eigenvalue weighted by Gasteiger charge is -2.36. The fraction of sp³-hybridized carbons (Fsp3) is 0.529. The molecule has 1 N–H and O–H groups in total. The van der Waals surface area contributed by atoms with Gasteiger partial charge in [-0.2, -0.15) is 11.8 Å². The molecule has 0 aliphatic carbocycles. The zero-order valence-electron chi connectivity index (χ0n) is 13.9. The number of nitrogens with one attached hydrogen (secondary N) is 1. The van der Waals surface area contributed by atoms with Gasteiger partial charge in [0, 0.05) is 62.3 Å². The molecule has 1 aromatic rings. The molecule has 25 heavy (non-hydrogen) atoms. The normalized spacial score (nSPS) is 20.8. The van der Waals surface area contributed by atoms with E-state index in [0.29, 0.717) is 38.2 Å². The third-order valence-corrected chi connectivity index (χ3v) is 5.54.